The van der Waals surface area contributed by atoms with Crippen molar-refractivity contribution in [3.63, 3.8) is 0 Å². The first kappa shape index (κ1) is 22.4. The lowest BCUT2D eigenvalue weighted by atomic mass is 10.1. The molecule has 6 heteroatoms. The lowest BCUT2D eigenvalue weighted by Gasteiger charge is -2.10. The van der Waals surface area contributed by atoms with E-state index in [-0.39, 0.29) is 5.97 Å². The molecule has 0 atom stereocenters. The van der Waals surface area contributed by atoms with E-state index in [1.54, 1.807) is 25.6 Å². The highest BCUT2D eigenvalue weighted by atomic mass is 32.1. The van der Waals surface area contributed by atoms with Crippen molar-refractivity contribution in [1.29, 1.82) is 0 Å². The molecule has 3 aromatic carbocycles. The highest BCUT2D eigenvalue weighted by Gasteiger charge is 2.17. The number of carbonyl (C=O) groups excluding carboxylic acids is 1. The first-order valence-electron chi connectivity index (χ1n) is 10.3. The van der Waals surface area contributed by atoms with Crippen LogP contribution in [-0.2, 0) is 9.53 Å². The number of methoxy groups -OCH3 is 3. The zero-order valence-electron chi connectivity index (χ0n) is 18.9. The SMILES string of the molecule is COC(=O)C=C(C)c1ccc(Oc2c(-c3ccc(OC)cc3)sc3cc(OC)ccc23)cc1. The van der Waals surface area contributed by atoms with E-state index in [1.165, 1.54) is 13.2 Å². The molecular weight excluding hydrogens is 436 g/mol. The van der Waals surface area contributed by atoms with Gasteiger partial charge in [-0.3, -0.25) is 0 Å². The van der Waals surface area contributed by atoms with Crippen LogP contribution in [0.1, 0.15) is 12.5 Å². The fraction of sp³-hybridized carbons (Fsp3) is 0.148. The molecule has 1 aromatic heterocycles. The standard InChI is InChI=1S/C27H24O5S/c1-17(15-25(28)31-4)18-5-11-21(12-6-18)32-26-23-14-13-22(30-3)16-24(23)33-27(26)19-7-9-20(29-2)10-8-19/h5-16H,1-4H3. The first-order valence-corrected chi connectivity index (χ1v) is 11.1. The van der Waals surface area contributed by atoms with E-state index in [1.807, 2.05) is 73.7 Å². The average molecular weight is 461 g/mol. The summed E-state index contributed by atoms with van der Waals surface area (Å²) in [5.74, 6) is 2.72. The molecule has 0 amide bonds. The molecular formula is C27H24O5S. The van der Waals surface area contributed by atoms with Crippen LogP contribution in [0.15, 0.2) is 72.8 Å². The third kappa shape index (κ3) is 4.86. The summed E-state index contributed by atoms with van der Waals surface area (Å²) < 4.78 is 22.9. The maximum Gasteiger partial charge on any atom is 0.330 e. The highest BCUT2D eigenvalue weighted by molar-refractivity contribution is 7.22. The van der Waals surface area contributed by atoms with Gasteiger partial charge >= 0.3 is 5.97 Å². The summed E-state index contributed by atoms with van der Waals surface area (Å²) in [6.45, 7) is 1.87. The first-order chi connectivity index (χ1) is 16.0. The Hall–Kier alpha value is -3.77. The van der Waals surface area contributed by atoms with E-state index in [9.17, 15) is 4.79 Å². The van der Waals surface area contributed by atoms with Crippen LogP contribution in [0, 0.1) is 0 Å². The Morgan fingerprint density at radius 2 is 1.45 bits per heavy atom. The third-order valence-corrected chi connectivity index (χ3v) is 6.45. The second-order valence-corrected chi connectivity index (χ2v) is 8.38. The molecule has 1 heterocycles. The maximum absolute atomic E-state index is 11.5. The Morgan fingerprint density at radius 1 is 0.818 bits per heavy atom. The predicted octanol–water partition coefficient (Wildman–Crippen LogP) is 6.95. The minimum atomic E-state index is -0.378. The maximum atomic E-state index is 11.5. The number of hydrogen-bond donors (Lipinski definition) is 0. The molecule has 5 nitrogen and oxygen atoms in total. The molecule has 4 aromatic rings. The van der Waals surface area contributed by atoms with E-state index in [2.05, 4.69) is 0 Å². The fourth-order valence-corrected chi connectivity index (χ4v) is 4.60. The minimum absolute atomic E-state index is 0.378. The molecule has 0 saturated heterocycles. The van der Waals surface area contributed by atoms with E-state index < -0.39 is 0 Å². The molecule has 0 aliphatic heterocycles. The molecule has 0 radical (unpaired) electrons. The lowest BCUT2D eigenvalue weighted by Crippen LogP contribution is -1.95. The molecule has 168 valence electrons. The van der Waals surface area contributed by atoms with Crippen molar-refractivity contribution in [2.45, 2.75) is 6.92 Å². The van der Waals surface area contributed by atoms with E-state index in [4.69, 9.17) is 18.9 Å². The lowest BCUT2D eigenvalue weighted by molar-refractivity contribution is -0.134. The predicted molar refractivity (Wildman–Crippen MR) is 133 cm³/mol. The van der Waals surface area contributed by atoms with Gasteiger partial charge in [0.1, 0.15) is 17.2 Å². The van der Waals surface area contributed by atoms with Crippen LogP contribution < -0.4 is 14.2 Å². The number of thiophene rings is 1. The van der Waals surface area contributed by atoms with E-state index >= 15 is 0 Å². The number of rotatable bonds is 7. The topological polar surface area (TPSA) is 54.0 Å². The summed E-state index contributed by atoms with van der Waals surface area (Å²) in [6.07, 6.45) is 1.47. The van der Waals surface area contributed by atoms with Gasteiger partial charge in [-0.2, -0.15) is 0 Å². The van der Waals surface area contributed by atoms with Gasteiger partial charge in [0.2, 0.25) is 0 Å². The minimum Gasteiger partial charge on any atom is -0.497 e. The summed E-state index contributed by atoms with van der Waals surface area (Å²) in [5.41, 5.74) is 2.78. The van der Waals surface area contributed by atoms with Crippen LogP contribution in [-0.4, -0.2) is 27.3 Å². The van der Waals surface area contributed by atoms with Crippen LogP contribution in [0.25, 0.3) is 26.1 Å². The molecule has 0 unspecified atom stereocenters. The molecule has 4 rings (SSSR count). The number of esters is 1. The van der Waals surface area contributed by atoms with Gasteiger partial charge in [-0.25, -0.2) is 4.79 Å². The van der Waals surface area contributed by atoms with Crippen LogP contribution in [0.3, 0.4) is 0 Å². The molecule has 0 spiro atoms. The molecule has 0 bridgehead atoms. The van der Waals surface area contributed by atoms with Crippen molar-refractivity contribution in [3.8, 4) is 33.4 Å². The van der Waals surface area contributed by atoms with Crippen LogP contribution >= 0.6 is 11.3 Å². The largest absolute Gasteiger partial charge is 0.497 e. The summed E-state index contributed by atoms with van der Waals surface area (Å²) in [5, 5.41) is 1.01. The second kappa shape index (κ2) is 9.79. The summed E-state index contributed by atoms with van der Waals surface area (Å²) in [6, 6.07) is 21.5. The number of fused-ring (bicyclic) bond motifs is 1. The van der Waals surface area contributed by atoms with Crippen molar-refractivity contribution >= 4 is 33.0 Å². The monoisotopic (exact) mass is 460 g/mol. The van der Waals surface area contributed by atoms with Crippen molar-refractivity contribution in [3.05, 3.63) is 78.4 Å². The Bertz CT molecular complexity index is 1300. The zero-order chi connectivity index (χ0) is 23.4. The Balaban J connectivity index is 1.73. The van der Waals surface area contributed by atoms with Gasteiger partial charge in [0.25, 0.3) is 0 Å². The van der Waals surface area contributed by atoms with E-state index in [0.717, 1.165) is 48.9 Å². The van der Waals surface area contributed by atoms with Gasteiger partial charge in [0.05, 0.1) is 26.2 Å². The number of benzene rings is 3. The molecule has 0 saturated carbocycles. The van der Waals surface area contributed by atoms with Gasteiger partial charge < -0.3 is 18.9 Å². The van der Waals surface area contributed by atoms with Gasteiger partial charge in [-0.1, -0.05) is 12.1 Å². The summed E-state index contributed by atoms with van der Waals surface area (Å²) in [4.78, 5) is 12.5. The molecule has 0 fully saturated rings. The summed E-state index contributed by atoms with van der Waals surface area (Å²) >= 11 is 1.65. The van der Waals surface area contributed by atoms with Gasteiger partial charge in [-0.05, 0) is 78.2 Å². The molecule has 0 aliphatic carbocycles. The van der Waals surface area contributed by atoms with Crippen molar-refractivity contribution in [2.24, 2.45) is 0 Å². The van der Waals surface area contributed by atoms with E-state index in [0.29, 0.717) is 5.75 Å². The number of carbonyl (C=O) groups is 1. The van der Waals surface area contributed by atoms with Gasteiger partial charge in [0, 0.05) is 16.2 Å². The second-order valence-electron chi connectivity index (χ2n) is 7.33. The summed E-state index contributed by atoms with van der Waals surface area (Å²) in [7, 11) is 4.68. The average Bonchev–Trinajstić information content (AvgIpc) is 3.21. The highest BCUT2D eigenvalue weighted by Crippen LogP contribution is 2.47. The Labute approximate surface area is 196 Å². The van der Waals surface area contributed by atoms with Gasteiger partial charge in [-0.15, -0.1) is 11.3 Å². The number of ether oxygens (including phenoxy) is 4. The van der Waals surface area contributed by atoms with Crippen LogP contribution in [0.5, 0.6) is 23.0 Å². The van der Waals surface area contributed by atoms with Crippen LogP contribution in [0.2, 0.25) is 0 Å². The van der Waals surface area contributed by atoms with Crippen molar-refractivity contribution in [1.82, 2.24) is 0 Å². The molecule has 0 aliphatic rings. The quantitative estimate of drug-likeness (QED) is 0.221. The fourth-order valence-electron chi connectivity index (χ4n) is 3.44. The smallest absolute Gasteiger partial charge is 0.330 e. The zero-order valence-corrected chi connectivity index (χ0v) is 19.7. The Morgan fingerprint density at radius 3 is 2.09 bits per heavy atom. The number of hydrogen-bond acceptors (Lipinski definition) is 6. The molecule has 0 N–H and O–H groups in total. The number of allylic oxidation sites excluding steroid dienone is 1. The molecule has 33 heavy (non-hydrogen) atoms. The third-order valence-electron chi connectivity index (χ3n) is 5.27. The normalized spacial score (nSPS) is 11.3. The van der Waals surface area contributed by atoms with Crippen molar-refractivity contribution in [2.75, 3.05) is 21.3 Å². The Kier molecular flexibility index (Phi) is 6.66. The van der Waals surface area contributed by atoms with Crippen molar-refractivity contribution < 1.29 is 23.7 Å². The van der Waals surface area contributed by atoms with Gasteiger partial charge in [0.15, 0.2) is 5.75 Å². The van der Waals surface area contributed by atoms with Crippen LogP contribution in [0.4, 0.5) is 0 Å².